The molecule has 13 heteroatoms. The summed E-state index contributed by atoms with van der Waals surface area (Å²) in [5.41, 5.74) is -0.182. The van der Waals surface area contributed by atoms with Crippen LogP contribution in [0, 0.1) is 0 Å². The summed E-state index contributed by atoms with van der Waals surface area (Å²) in [4.78, 5) is 25.3. The molecular formula is C19H17F6N5OS. The summed E-state index contributed by atoms with van der Waals surface area (Å²) >= 11 is 1.31. The van der Waals surface area contributed by atoms with E-state index in [-0.39, 0.29) is 17.0 Å². The van der Waals surface area contributed by atoms with Gasteiger partial charge in [-0.3, -0.25) is 4.79 Å². The highest BCUT2D eigenvalue weighted by molar-refractivity contribution is 7.99. The van der Waals surface area contributed by atoms with Crippen LogP contribution in [0.1, 0.15) is 19.0 Å². The predicted octanol–water partition coefficient (Wildman–Crippen LogP) is 5.08. The second-order valence-corrected chi connectivity index (χ2v) is 8.07. The van der Waals surface area contributed by atoms with E-state index in [4.69, 9.17) is 0 Å². The van der Waals surface area contributed by atoms with E-state index in [1.165, 1.54) is 35.6 Å². The van der Waals surface area contributed by atoms with E-state index in [1.807, 2.05) is 6.92 Å². The lowest BCUT2D eigenvalue weighted by atomic mass is 10.2. The van der Waals surface area contributed by atoms with E-state index in [9.17, 15) is 31.1 Å². The maximum atomic E-state index is 13.0. The van der Waals surface area contributed by atoms with Gasteiger partial charge in [-0.25, -0.2) is 15.0 Å². The van der Waals surface area contributed by atoms with E-state index in [0.717, 1.165) is 17.2 Å². The predicted molar refractivity (Wildman–Crippen MR) is 107 cm³/mol. The molecular weight excluding hydrogens is 460 g/mol. The Morgan fingerprint density at radius 1 is 1.12 bits per heavy atom. The fraction of sp³-hybridized carbons (Fsp3) is 0.368. The number of alkyl halides is 6. The van der Waals surface area contributed by atoms with Crippen molar-refractivity contribution in [2.24, 2.45) is 7.05 Å². The molecule has 0 spiro atoms. The van der Waals surface area contributed by atoms with Crippen molar-refractivity contribution in [3.8, 4) is 11.5 Å². The number of hydrogen-bond donors (Lipinski definition) is 0. The van der Waals surface area contributed by atoms with Crippen molar-refractivity contribution in [2.45, 2.75) is 30.6 Å². The Morgan fingerprint density at radius 2 is 1.81 bits per heavy atom. The summed E-state index contributed by atoms with van der Waals surface area (Å²) in [7, 11) is 2.80. The molecule has 0 unspecified atom stereocenters. The molecule has 0 bridgehead atoms. The van der Waals surface area contributed by atoms with Crippen LogP contribution in [0.15, 0.2) is 29.4 Å². The number of nitrogens with zero attached hydrogens (tertiary/aromatic N) is 5. The van der Waals surface area contributed by atoms with Gasteiger partial charge >= 0.3 is 12.4 Å². The molecule has 0 radical (unpaired) electrons. The molecule has 0 aromatic carbocycles. The highest BCUT2D eigenvalue weighted by Gasteiger charge is 2.34. The lowest BCUT2D eigenvalue weighted by molar-refractivity contribution is -0.151. The normalized spacial score (nSPS) is 12.4. The third kappa shape index (κ3) is 4.97. The van der Waals surface area contributed by atoms with Crippen LogP contribution in [0.2, 0.25) is 0 Å². The van der Waals surface area contributed by atoms with Gasteiger partial charge in [-0.15, -0.1) is 11.8 Å². The van der Waals surface area contributed by atoms with Gasteiger partial charge in [0.1, 0.15) is 17.8 Å². The van der Waals surface area contributed by atoms with Crippen LogP contribution in [-0.2, 0) is 18.0 Å². The Balaban J connectivity index is 2.05. The number of carbonyl (C=O) groups is 1. The van der Waals surface area contributed by atoms with Gasteiger partial charge in [-0.05, 0) is 17.9 Å². The van der Waals surface area contributed by atoms with E-state index < -0.39 is 30.4 Å². The van der Waals surface area contributed by atoms with Crippen molar-refractivity contribution < 1.29 is 31.1 Å². The van der Waals surface area contributed by atoms with Crippen molar-refractivity contribution in [2.75, 3.05) is 17.7 Å². The number of thioether (sulfide) groups is 1. The molecule has 0 aliphatic carbocycles. The van der Waals surface area contributed by atoms with Crippen LogP contribution in [0.3, 0.4) is 0 Å². The number of aryl methyl sites for hydroxylation is 1. The first-order chi connectivity index (χ1) is 14.8. The number of pyridine rings is 2. The van der Waals surface area contributed by atoms with Gasteiger partial charge < -0.3 is 9.47 Å². The molecule has 0 N–H and O–H groups in total. The second-order valence-electron chi connectivity index (χ2n) is 6.77. The largest absolute Gasteiger partial charge is 0.433 e. The monoisotopic (exact) mass is 477 g/mol. The Kier molecular flexibility index (Phi) is 6.40. The minimum absolute atomic E-state index is 0.0700. The van der Waals surface area contributed by atoms with Crippen LogP contribution >= 0.6 is 11.8 Å². The Morgan fingerprint density at radius 3 is 2.41 bits per heavy atom. The SMILES string of the molecule is CCSc1cc(N(C)C(=O)CC(F)(F)F)cnc1-c1nc2cc(C(F)(F)F)ncc2n1C. The molecule has 3 aromatic heterocycles. The van der Waals surface area contributed by atoms with E-state index >= 15 is 0 Å². The number of imidazole rings is 1. The van der Waals surface area contributed by atoms with E-state index in [2.05, 4.69) is 15.0 Å². The number of aromatic nitrogens is 4. The summed E-state index contributed by atoms with van der Waals surface area (Å²) in [5.74, 6) is -0.317. The molecule has 3 heterocycles. The van der Waals surface area contributed by atoms with Gasteiger partial charge in [-0.1, -0.05) is 6.92 Å². The number of rotatable bonds is 5. The number of carbonyl (C=O) groups excluding carboxylic acids is 1. The molecule has 3 aromatic rings. The first-order valence-electron chi connectivity index (χ1n) is 9.18. The molecule has 3 rings (SSSR count). The molecule has 32 heavy (non-hydrogen) atoms. The number of fused-ring (bicyclic) bond motifs is 1. The van der Waals surface area contributed by atoms with Gasteiger partial charge in [0.15, 0.2) is 5.82 Å². The first kappa shape index (κ1) is 23.8. The average Bonchev–Trinajstić information content (AvgIpc) is 3.01. The molecule has 0 saturated carbocycles. The van der Waals surface area contributed by atoms with Gasteiger partial charge in [0.25, 0.3) is 0 Å². The molecule has 0 saturated heterocycles. The molecule has 1 amide bonds. The smallest absolute Gasteiger partial charge is 0.325 e. The van der Waals surface area contributed by atoms with Crippen LogP contribution in [0.25, 0.3) is 22.6 Å². The van der Waals surface area contributed by atoms with E-state index in [1.54, 1.807) is 7.05 Å². The van der Waals surface area contributed by atoms with Gasteiger partial charge in [0.2, 0.25) is 5.91 Å². The summed E-state index contributed by atoms with van der Waals surface area (Å²) in [5, 5.41) is 0. The Labute approximate surface area is 182 Å². The summed E-state index contributed by atoms with van der Waals surface area (Å²) in [6, 6.07) is 2.34. The third-order valence-electron chi connectivity index (χ3n) is 4.52. The maximum Gasteiger partial charge on any atom is 0.433 e. The van der Waals surface area contributed by atoms with Gasteiger partial charge in [0.05, 0.1) is 29.1 Å². The molecule has 172 valence electrons. The molecule has 6 nitrogen and oxygen atoms in total. The minimum atomic E-state index is -4.64. The molecule has 0 atom stereocenters. The summed E-state index contributed by atoms with van der Waals surface area (Å²) in [6.45, 7) is 1.84. The van der Waals surface area contributed by atoms with E-state index in [0.29, 0.717) is 21.9 Å². The first-order valence-corrected chi connectivity index (χ1v) is 10.2. The number of hydrogen-bond acceptors (Lipinski definition) is 5. The van der Waals surface area contributed by atoms with Crippen molar-refractivity contribution >= 4 is 34.4 Å². The van der Waals surface area contributed by atoms with Crippen LogP contribution in [-0.4, -0.2) is 44.4 Å². The fourth-order valence-electron chi connectivity index (χ4n) is 2.94. The zero-order valence-electron chi connectivity index (χ0n) is 17.0. The van der Waals surface area contributed by atoms with Crippen molar-refractivity contribution in [3.63, 3.8) is 0 Å². The van der Waals surface area contributed by atoms with Gasteiger partial charge in [0, 0.05) is 19.0 Å². The number of anilines is 1. The topological polar surface area (TPSA) is 63.9 Å². The quantitative estimate of drug-likeness (QED) is 0.379. The molecule has 0 fully saturated rings. The zero-order chi connectivity index (χ0) is 23.8. The number of halogens is 6. The van der Waals surface area contributed by atoms with Crippen molar-refractivity contribution in [1.82, 2.24) is 19.5 Å². The second kappa shape index (κ2) is 8.60. The third-order valence-corrected chi connectivity index (χ3v) is 5.43. The number of amides is 1. The summed E-state index contributed by atoms with van der Waals surface area (Å²) in [6.07, 6.45) is -8.58. The highest BCUT2D eigenvalue weighted by atomic mass is 32.2. The lowest BCUT2D eigenvalue weighted by Crippen LogP contribution is -2.30. The standard InChI is InChI=1S/C19H17F6N5OS/c1-4-32-13-5-10(29(2)15(31)7-18(20,21)22)8-27-16(13)17-28-11-6-14(19(23,24)25)26-9-12(11)30(17)3/h5-6,8-9H,4,7H2,1-3H3. The Bertz CT molecular complexity index is 1160. The van der Waals surface area contributed by atoms with Crippen LogP contribution in [0.5, 0.6) is 0 Å². The Hall–Kier alpha value is -2.83. The minimum Gasteiger partial charge on any atom is -0.325 e. The highest BCUT2D eigenvalue weighted by Crippen LogP contribution is 2.35. The van der Waals surface area contributed by atoms with Crippen LogP contribution in [0.4, 0.5) is 32.0 Å². The zero-order valence-corrected chi connectivity index (χ0v) is 17.9. The lowest BCUT2D eigenvalue weighted by Gasteiger charge is -2.19. The fourth-order valence-corrected chi connectivity index (χ4v) is 3.74. The maximum absolute atomic E-state index is 13.0. The van der Waals surface area contributed by atoms with Crippen molar-refractivity contribution in [1.29, 1.82) is 0 Å². The summed E-state index contributed by atoms with van der Waals surface area (Å²) < 4.78 is 78.2. The molecule has 0 aliphatic rings. The van der Waals surface area contributed by atoms with Gasteiger partial charge in [-0.2, -0.15) is 26.3 Å². The molecule has 0 aliphatic heterocycles. The van der Waals surface area contributed by atoms with Crippen molar-refractivity contribution in [3.05, 3.63) is 30.2 Å². The average molecular weight is 477 g/mol. The van der Waals surface area contributed by atoms with Crippen LogP contribution < -0.4 is 4.90 Å².